The maximum absolute atomic E-state index is 5.44. The summed E-state index contributed by atoms with van der Waals surface area (Å²) in [5.74, 6) is 3.91. The average molecular weight is 1360 g/mol. The van der Waals surface area contributed by atoms with E-state index < -0.39 is 0 Å². The molecular formula is C94H58N12. The van der Waals surface area contributed by atoms with Crippen LogP contribution < -0.4 is 0 Å². The molecule has 0 fully saturated rings. The van der Waals surface area contributed by atoms with E-state index in [4.69, 9.17) is 39.9 Å². The molecule has 0 bridgehead atoms. The van der Waals surface area contributed by atoms with Crippen molar-refractivity contribution in [1.29, 1.82) is 0 Å². The fraction of sp³-hybridized carbons (Fsp3) is 0. The van der Waals surface area contributed by atoms with E-state index in [2.05, 4.69) is 279 Å². The molecule has 21 aromatic rings. The topological polar surface area (TPSA) is 123 Å². The third-order valence-electron chi connectivity index (χ3n) is 20.6. The average Bonchev–Trinajstić information content (AvgIpc) is 1.58. The second-order valence-electron chi connectivity index (χ2n) is 26.8. The second kappa shape index (κ2) is 24.6. The lowest BCUT2D eigenvalue weighted by Gasteiger charge is -2.12. The van der Waals surface area contributed by atoms with E-state index in [-0.39, 0.29) is 0 Å². The van der Waals surface area contributed by atoms with Crippen molar-refractivity contribution in [2.45, 2.75) is 0 Å². The van der Waals surface area contributed by atoms with Gasteiger partial charge in [-0.3, -0.25) is 9.13 Å². The quantitative estimate of drug-likeness (QED) is 0.119. The summed E-state index contributed by atoms with van der Waals surface area (Å²) >= 11 is 0. The summed E-state index contributed by atoms with van der Waals surface area (Å²) in [6.45, 7) is 0. The summed E-state index contributed by atoms with van der Waals surface area (Å²) in [4.78, 5) is 40.8. The Morgan fingerprint density at radius 3 is 0.962 bits per heavy atom. The van der Waals surface area contributed by atoms with Crippen LogP contribution in [-0.2, 0) is 0 Å². The van der Waals surface area contributed by atoms with Gasteiger partial charge < -0.3 is 9.13 Å². The number of fused-ring (bicyclic) bond motifs is 12. The highest BCUT2D eigenvalue weighted by Crippen LogP contribution is 2.42. The van der Waals surface area contributed by atoms with Crippen molar-refractivity contribution in [3.05, 3.63) is 352 Å². The lowest BCUT2D eigenvalue weighted by atomic mass is 10.0. The van der Waals surface area contributed by atoms with E-state index in [9.17, 15) is 0 Å². The molecule has 12 heteroatoms. The molecule has 0 radical (unpaired) electrons. The Hall–Kier alpha value is -14.6. The van der Waals surface area contributed by atoms with E-state index in [1.165, 1.54) is 27.1 Å². The van der Waals surface area contributed by atoms with Gasteiger partial charge in [-0.05, 0) is 130 Å². The van der Waals surface area contributed by atoms with Crippen LogP contribution in [0.4, 0.5) is 0 Å². The Bertz CT molecular complexity index is 6990. The van der Waals surface area contributed by atoms with Crippen LogP contribution in [0.15, 0.2) is 352 Å². The molecule has 0 aliphatic heterocycles. The van der Waals surface area contributed by atoms with Crippen LogP contribution in [-0.4, -0.2) is 58.1 Å². The SMILES string of the molecule is c1ccc(-c2nc(-c3ccccc3)nc(-c3cnc(-n4c5ccccc5c5cc(-c6ccc7c(c6)c6ccccc6n7-c6ccc(-c7cccc(-c8nc(-c9ccccc9)nc(-n9c%10ccccc%10c%10ccc(-c%11ccc%12c(c%11)c%11ccccc%11n%12-c%11ccccc%11)cc%109)n8)c7)cc6)ccc54)nc3)n2)cc1. The first-order valence-electron chi connectivity index (χ1n) is 35.5. The Morgan fingerprint density at radius 2 is 0.472 bits per heavy atom. The number of nitrogens with zero attached hydrogens (tertiary/aromatic N) is 12. The number of aromatic nitrogens is 12. The molecule has 7 aromatic heterocycles. The van der Waals surface area contributed by atoms with Gasteiger partial charge in [0.1, 0.15) is 0 Å². The van der Waals surface area contributed by atoms with Gasteiger partial charge in [0.15, 0.2) is 29.1 Å². The first-order chi connectivity index (χ1) is 52.5. The number of hydrogen-bond acceptors (Lipinski definition) is 8. The largest absolute Gasteiger partial charge is 0.309 e. The zero-order valence-electron chi connectivity index (χ0n) is 56.9. The number of para-hydroxylation sites is 5. The minimum atomic E-state index is 0.496. The van der Waals surface area contributed by atoms with Gasteiger partial charge in [-0.15, -0.1) is 0 Å². The molecule has 0 unspecified atom stereocenters. The first kappa shape index (κ1) is 60.2. The Morgan fingerprint density at radius 1 is 0.160 bits per heavy atom. The van der Waals surface area contributed by atoms with E-state index in [0.717, 1.165) is 127 Å². The van der Waals surface area contributed by atoms with Gasteiger partial charge in [0.05, 0.1) is 49.7 Å². The molecule has 0 aliphatic rings. The molecule has 14 aromatic carbocycles. The number of rotatable bonds is 12. The maximum atomic E-state index is 5.44. The van der Waals surface area contributed by atoms with Gasteiger partial charge in [0.25, 0.3) is 0 Å². The fourth-order valence-electron chi connectivity index (χ4n) is 15.6. The molecule has 0 atom stereocenters. The smallest absolute Gasteiger partial charge is 0.238 e. The Labute approximate surface area is 607 Å². The second-order valence-corrected chi connectivity index (χ2v) is 26.8. The van der Waals surface area contributed by atoms with Crippen molar-refractivity contribution in [2.75, 3.05) is 0 Å². The molecule has 0 saturated heterocycles. The van der Waals surface area contributed by atoms with Gasteiger partial charge in [0, 0.05) is 89.1 Å². The van der Waals surface area contributed by atoms with Crippen molar-refractivity contribution in [3.8, 4) is 114 Å². The molecule has 21 rings (SSSR count). The Balaban J connectivity index is 0.607. The van der Waals surface area contributed by atoms with Crippen LogP contribution in [0.25, 0.3) is 201 Å². The van der Waals surface area contributed by atoms with E-state index >= 15 is 0 Å². The highest BCUT2D eigenvalue weighted by molar-refractivity contribution is 6.15. The predicted molar refractivity (Wildman–Crippen MR) is 430 cm³/mol. The summed E-state index contributed by atoms with van der Waals surface area (Å²) in [6, 6.07) is 120. The molecule has 12 nitrogen and oxygen atoms in total. The lowest BCUT2D eigenvalue weighted by Crippen LogP contribution is -2.06. The van der Waals surface area contributed by atoms with Crippen LogP contribution in [0.1, 0.15) is 0 Å². The van der Waals surface area contributed by atoms with Crippen molar-refractivity contribution in [2.24, 2.45) is 0 Å². The molecular weight excluding hydrogens is 1300 g/mol. The fourth-order valence-corrected chi connectivity index (χ4v) is 15.6. The number of benzene rings is 14. The third kappa shape index (κ3) is 10.1. The van der Waals surface area contributed by atoms with Crippen LogP contribution in [0.3, 0.4) is 0 Å². The Kier molecular flexibility index (Phi) is 14.0. The van der Waals surface area contributed by atoms with Gasteiger partial charge >= 0.3 is 0 Å². The number of hydrogen-bond donors (Lipinski definition) is 0. The van der Waals surface area contributed by atoms with Crippen LogP contribution in [0.5, 0.6) is 0 Å². The van der Waals surface area contributed by atoms with E-state index in [1.54, 1.807) is 0 Å². The summed E-state index contributed by atoms with van der Waals surface area (Å²) in [5, 5.41) is 9.19. The molecule has 0 amide bonds. The van der Waals surface area contributed by atoms with E-state index in [1.807, 2.05) is 91.3 Å². The van der Waals surface area contributed by atoms with Gasteiger partial charge in [0.2, 0.25) is 11.9 Å². The van der Waals surface area contributed by atoms with Crippen LogP contribution >= 0.6 is 0 Å². The van der Waals surface area contributed by atoms with Gasteiger partial charge in [-0.25, -0.2) is 29.9 Å². The highest BCUT2D eigenvalue weighted by atomic mass is 15.2. The predicted octanol–water partition coefficient (Wildman–Crippen LogP) is 22.6. The highest BCUT2D eigenvalue weighted by Gasteiger charge is 2.23. The maximum Gasteiger partial charge on any atom is 0.238 e. The summed E-state index contributed by atoms with van der Waals surface area (Å²) in [7, 11) is 0. The standard InChI is InChI=1S/C94H58N12/c1-5-22-60(23-6-1)88-97-89(61-24-7-2-8-25-61)99-92(98-88)69-57-95-93(96-58-69)105-83-39-20-16-35-75(83)79-54-65(45-51-86(79)105)64-43-49-85-77(53-64)74-34-15-18-37-81(74)104(85)71-46-40-59(41-47-71)63-28-21-29-68(52-63)91-100-90(62-26-9-3-10-27-62)101-94(102-91)106-82-38-19-13-32-72(82)76-48-42-67(56-87(76)106)66-44-50-84-78(55-66)73-33-14-17-36-80(73)103(84)70-30-11-4-12-31-70/h1-58H. The first-order valence-corrected chi connectivity index (χ1v) is 35.5. The lowest BCUT2D eigenvalue weighted by molar-refractivity contribution is 0.953. The molecule has 106 heavy (non-hydrogen) atoms. The minimum Gasteiger partial charge on any atom is -0.309 e. The summed E-state index contributed by atoms with van der Waals surface area (Å²) in [6.07, 6.45) is 3.61. The van der Waals surface area contributed by atoms with Crippen molar-refractivity contribution >= 4 is 87.2 Å². The summed E-state index contributed by atoms with van der Waals surface area (Å²) < 4.78 is 9.09. The monoisotopic (exact) mass is 1350 g/mol. The minimum absolute atomic E-state index is 0.496. The normalized spacial score (nSPS) is 11.8. The van der Waals surface area contributed by atoms with Crippen molar-refractivity contribution < 1.29 is 0 Å². The molecule has 7 heterocycles. The molecule has 494 valence electrons. The molecule has 0 saturated carbocycles. The van der Waals surface area contributed by atoms with Gasteiger partial charge in [-0.1, -0.05) is 243 Å². The van der Waals surface area contributed by atoms with Crippen molar-refractivity contribution in [3.63, 3.8) is 0 Å². The van der Waals surface area contributed by atoms with Gasteiger partial charge in [-0.2, -0.15) is 9.97 Å². The van der Waals surface area contributed by atoms with Crippen LogP contribution in [0.2, 0.25) is 0 Å². The molecule has 0 aliphatic carbocycles. The van der Waals surface area contributed by atoms with E-state index in [0.29, 0.717) is 46.6 Å². The zero-order valence-corrected chi connectivity index (χ0v) is 56.9. The zero-order chi connectivity index (χ0) is 69.8. The van der Waals surface area contributed by atoms with Crippen molar-refractivity contribution in [1.82, 2.24) is 58.1 Å². The van der Waals surface area contributed by atoms with Crippen LogP contribution in [0, 0.1) is 0 Å². The molecule has 0 N–H and O–H groups in total. The third-order valence-corrected chi connectivity index (χ3v) is 20.6. The summed E-state index contributed by atoms with van der Waals surface area (Å²) in [5.41, 5.74) is 21.6. The molecule has 0 spiro atoms.